The largest absolute Gasteiger partial charge is 0.360 e. The smallest absolute Gasteiger partial charge is 0.277 e. The fraction of sp³-hybridized carbons (Fsp3) is 0. The minimum atomic E-state index is -0.633. The van der Waals surface area contributed by atoms with Gasteiger partial charge in [-0.25, -0.2) is 0 Å². The van der Waals surface area contributed by atoms with E-state index in [9.17, 15) is 20.2 Å². The Bertz CT molecular complexity index is 858. The van der Waals surface area contributed by atoms with Gasteiger partial charge in [0.05, 0.1) is 15.9 Å². The maximum Gasteiger partial charge on any atom is 0.277 e. The molecule has 0 aliphatic rings. The van der Waals surface area contributed by atoms with E-state index < -0.39 is 9.85 Å². The Kier molecular flexibility index (Phi) is 3.51. The van der Waals surface area contributed by atoms with E-state index in [-0.39, 0.29) is 11.4 Å². The van der Waals surface area contributed by atoms with Gasteiger partial charge in [0.15, 0.2) is 0 Å². The number of non-ortho nitro benzene ring substituents is 2. The van der Waals surface area contributed by atoms with Gasteiger partial charge >= 0.3 is 0 Å². The number of fused-ring (bicyclic) bond motifs is 1. The molecular formula is C14H9N3O4S. The van der Waals surface area contributed by atoms with Crippen molar-refractivity contribution in [2.75, 3.05) is 0 Å². The van der Waals surface area contributed by atoms with Crippen molar-refractivity contribution < 1.29 is 9.85 Å². The Hall–Kier alpha value is -2.87. The van der Waals surface area contributed by atoms with Crippen molar-refractivity contribution in [2.24, 2.45) is 0 Å². The van der Waals surface area contributed by atoms with Crippen LogP contribution in [0.3, 0.4) is 0 Å². The zero-order valence-electron chi connectivity index (χ0n) is 11.1. The van der Waals surface area contributed by atoms with Crippen LogP contribution in [-0.4, -0.2) is 14.8 Å². The molecule has 0 fully saturated rings. The molecular weight excluding hydrogens is 306 g/mol. The van der Waals surface area contributed by atoms with Crippen molar-refractivity contribution in [3.8, 4) is 0 Å². The van der Waals surface area contributed by atoms with Gasteiger partial charge in [0.1, 0.15) is 0 Å². The van der Waals surface area contributed by atoms with Gasteiger partial charge in [-0.05, 0) is 6.07 Å². The molecule has 0 aliphatic heterocycles. The van der Waals surface area contributed by atoms with Crippen LogP contribution in [-0.2, 0) is 0 Å². The van der Waals surface area contributed by atoms with Crippen LogP contribution in [0.25, 0.3) is 10.9 Å². The molecule has 1 N–H and O–H groups in total. The van der Waals surface area contributed by atoms with Crippen molar-refractivity contribution in [2.45, 2.75) is 9.79 Å². The highest BCUT2D eigenvalue weighted by atomic mass is 32.2. The number of aromatic amines is 1. The average molecular weight is 315 g/mol. The Balaban J connectivity index is 2.04. The van der Waals surface area contributed by atoms with Gasteiger partial charge in [-0.2, -0.15) is 0 Å². The van der Waals surface area contributed by atoms with Gasteiger partial charge in [-0.15, -0.1) is 0 Å². The molecule has 0 bridgehead atoms. The lowest BCUT2D eigenvalue weighted by molar-refractivity contribution is -0.394. The second-order valence-corrected chi connectivity index (χ2v) is 5.62. The van der Waals surface area contributed by atoms with Crippen LogP contribution in [0.15, 0.2) is 58.5 Å². The monoisotopic (exact) mass is 315 g/mol. The zero-order valence-corrected chi connectivity index (χ0v) is 11.9. The zero-order chi connectivity index (χ0) is 15.7. The number of nitro groups is 2. The van der Waals surface area contributed by atoms with E-state index in [1.165, 1.54) is 23.9 Å². The maximum atomic E-state index is 10.9. The molecule has 0 unspecified atom stereocenters. The molecule has 110 valence electrons. The molecule has 0 aliphatic carbocycles. The van der Waals surface area contributed by atoms with E-state index in [1.54, 1.807) is 6.20 Å². The van der Waals surface area contributed by atoms with Crippen molar-refractivity contribution in [1.82, 2.24) is 4.98 Å². The summed E-state index contributed by atoms with van der Waals surface area (Å²) in [5, 5.41) is 22.8. The summed E-state index contributed by atoms with van der Waals surface area (Å²) < 4.78 is 0. The summed E-state index contributed by atoms with van der Waals surface area (Å²) in [6, 6.07) is 11.2. The summed E-state index contributed by atoms with van der Waals surface area (Å²) in [6.45, 7) is 0. The van der Waals surface area contributed by atoms with E-state index in [0.717, 1.165) is 21.9 Å². The number of hydrogen-bond acceptors (Lipinski definition) is 5. The molecule has 0 saturated carbocycles. The number of benzene rings is 2. The number of H-pyrrole nitrogens is 1. The second kappa shape index (κ2) is 5.49. The van der Waals surface area contributed by atoms with Gasteiger partial charge in [0, 0.05) is 39.0 Å². The number of aromatic nitrogens is 1. The Labute approximate surface area is 128 Å². The summed E-state index contributed by atoms with van der Waals surface area (Å²) in [5.74, 6) is 0. The molecule has 0 amide bonds. The summed E-state index contributed by atoms with van der Waals surface area (Å²) >= 11 is 1.25. The molecule has 0 atom stereocenters. The number of nitrogens with one attached hydrogen (secondary N) is 1. The average Bonchev–Trinajstić information content (AvgIpc) is 2.90. The molecule has 0 saturated heterocycles. The van der Waals surface area contributed by atoms with E-state index in [1.807, 2.05) is 24.3 Å². The SMILES string of the molecule is O=[N+]([O-])c1cc(Sc2c[nH]c3ccccc23)cc([N+](=O)[O-])c1. The van der Waals surface area contributed by atoms with Crippen LogP contribution in [0.4, 0.5) is 11.4 Å². The summed E-state index contributed by atoms with van der Waals surface area (Å²) in [6.07, 6.45) is 1.78. The lowest BCUT2D eigenvalue weighted by atomic mass is 10.2. The minimum Gasteiger partial charge on any atom is -0.360 e. The van der Waals surface area contributed by atoms with Crippen LogP contribution in [0.2, 0.25) is 0 Å². The van der Waals surface area contributed by atoms with Crippen molar-refractivity contribution in [3.05, 3.63) is 68.9 Å². The standard InChI is InChI=1S/C14H9N3O4S/c18-16(19)9-5-10(17(20)21)7-11(6-9)22-14-8-15-13-4-2-1-3-12(13)14/h1-8,15H. The Morgan fingerprint density at radius 3 is 2.23 bits per heavy atom. The topological polar surface area (TPSA) is 102 Å². The first-order chi connectivity index (χ1) is 10.5. The van der Waals surface area contributed by atoms with Crippen LogP contribution >= 0.6 is 11.8 Å². The van der Waals surface area contributed by atoms with Crippen molar-refractivity contribution >= 4 is 34.0 Å². The van der Waals surface area contributed by atoms with E-state index in [2.05, 4.69) is 4.98 Å². The summed E-state index contributed by atoms with van der Waals surface area (Å²) in [7, 11) is 0. The van der Waals surface area contributed by atoms with E-state index >= 15 is 0 Å². The van der Waals surface area contributed by atoms with Gasteiger partial charge in [-0.3, -0.25) is 20.2 Å². The first-order valence-corrected chi connectivity index (χ1v) is 7.04. The second-order valence-electron chi connectivity index (χ2n) is 4.50. The fourth-order valence-electron chi connectivity index (χ4n) is 2.09. The molecule has 1 heterocycles. The summed E-state index contributed by atoms with van der Waals surface area (Å²) in [5.41, 5.74) is 0.345. The third-order valence-corrected chi connectivity index (χ3v) is 4.11. The molecule has 3 aromatic rings. The van der Waals surface area contributed by atoms with Gasteiger partial charge in [0.2, 0.25) is 0 Å². The van der Waals surface area contributed by atoms with Crippen LogP contribution < -0.4 is 0 Å². The predicted molar refractivity (Wildman–Crippen MR) is 82.2 cm³/mol. The lowest BCUT2D eigenvalue weighted by Crippen LogP contribution is -1.93. The van der Waals surface area contributed by atoms with Crippen LogP contribution in [0, 0.1) is 20.2 Å². The minimum absolute atomic E-state index is 0.295. The third kappa shape index (κ3) is 2.63. The van der Waals surface area contributed by atoms with Crippen molar-refractivity contribution in [1.29, 1.82) is 0 Å². The highest BCUT2D eigenvalue weighted by Gasteiger charge is 2.17. The number of para-hydroxylation sites is 1. The molecule has 2 aromatic carbocycles. The number of nitro benzene ring substituents is 2. The van der Waals surface area contributed by atoms with Crippen molar-refractivity contribution in [3.63, 3.8) is 0 Å². The first-order valence-electron chi connectivity index (χ1n) is 6.22. The van der Waals surface area contributed by atoms with Gasteiger partial charge < -0.3 is 4.98 Å². The van der Waals surface area contributed by atoms with E-state index in [0.29, 0.717) is 4.90 Å². The highest BCUT2D eigenvalue weighted by Crippen LogP contribution is 2.37. The third-order valence-electron chi connectivity index (χ3n) is 3.08. The lowest BCUT2D eigenvalue weighted by Gasteiger charge is -2.01. The van der Waals surface area contributed by atoms with Crippen LogP contribution in [0.5, 0.6) is 0 Å². The Morgan fingerprint density at radius 1 is 0.955 bits per heavy atom. The molecule has 22 heavy (non-hydrogen) atoms. The van der Waals surface area contributed by atoms with Gasteiger partial charge in [0.25, 0.3) is 11.4 Å². The number of rotatable bonds is 4. The Morgan fingerprint density at radius 2 is 1.59 bits per heavy atom. The number of hydrogen-bond donors (Lipinski definition) is 1. The number of nitrogens with zero attached hydrogens (tertiary/aromatic N) is 2. The van der Waals surface area contributed by atoms with Crippen LogP contribution in [0.1, 0.15) is 0 Å². The molecule has 8 heteroatoms. The van der Waals surface area contributed by atoms with Gasteiger partial charge in [-0.1, -0.05) is 30.0 Å². The predicted octanol–water partition coefficient (Wildman–Crippen LogP) is 4.14. The molecule has 0 radical (unpaired) electrons. The fourth-order valence-corrected chi connectivity index (χ4v) is 3.11. The molecule has 7 nitrogen and oxygen atoms in total. The molecule has 1 aromatic heterocycles. The molecule has 3 rings (SSSR count). The highest BCUT2D eigenvalue weighted by molar-refractivity contribution is 7.99. The maximum absolute atomic E-state index is 10.9. The molecule has 0 spiro atoms. The normalized spacial score (nSPS) is 10.7. The summed E-state index contributed by atoms with van der Waals surface area (Å²) in [4.78, 5) is 25.0. The first kappa shape index (κ1) is 14.1. The quantitative estimate of drug-likeness (QED) is 0.576. The van der Waals surface area contributed by atoms with E-state index in [4.69, 9.17) is 0 Å².